The number of halogens is 1. The average Bonchev–Trinajstić information content (AvgIpc) is 2.86. The van der Waals surface area contributed by atoms with E-state index in [2.05, 4.69) is 5.32 Å². The molecule has 0 radical (unpaired) electrons. The fourth-order valence-corrected chi connectivity index (χ4v) is 2.96. The van der Waals surface area contributed by atoms with Crippen LogP contribution < -0.4 is 5.32 Å². The largest absolute Gasteiger partial charge is 0.378 e. The van der Waals surface area contributed by atoms with Crippen LogP contribution in [0.2, 0.25) is 0 Å². The van der Waals surface area contributed by atoms with Crippen molar-refractivity contribution in [2.45, 2.75) is 37.5 Å². The minimum atomic E-state index is -0.138. The van der Waals surface area contributed by atoms with Gasteiger partial charge in [0.25, 0.3) is 0 Å². The minimum absolute atomic E-state index is 0.0921. The van der Waals surface area contributed by atoms with Gasteiger partial charge in [-0.2, -0.15) is 0 Å². The quantitative estimate of drug-likeness (QED) is 0.909. The Bertz CT molecular complexity index is 432. The zero-order valence-corrected chi connectivity index (χ0v) is 11.0. The Morgan fingerprint density at radius 2 is 2.21 bits per heavy atom. The number of hydrogen-bond acceptors (Lipinski definition) is 3. The highest BCUT2D eigenvalue weighted by molar-refractivity contribution is 5.17. The summed E-state index contributed by atoms with van der Waals surface area (Å²) in [6, 6.07) is 7.31. The van der Waals surface area contributed by atoms with Gasteiger partial charge in [0.2, 0.25) is 0 Å². The van der Waals surface area contributed by atoms with Crippen LogP contribution in [0.4, 0.5) is 4.39 Å². The van der Waals surface area contributed by atoms with Crippen LogP contribution in [0, 0.1) is 5.82 Å². The fourth-order valence-electron chi connectivity index (χ4n) is 2.96. The van der Waals surface area contributed by atoms with Gasteiger partial charge < -0.3 is 14.8 Å². The molecule has 1 aromatic carbocycles. The predicted octanol–water partition coefficient (Wildman–Crippen LogP) is 2.25. The fraction of sp³-hybridized carbons (Fsp3) is 0.600. The first-order chi connectivity index (χ1) is 9.27. The van der Waals surface area contributed by atoms with Gasteiger partial charge in [-0.15, -0.1) is 0 Å². The van der Waals surface area contributed by atoms with Crippen LogP contribution in [0.3, 0.4) is 0 Å². The number of nitrogens with one attached hydrogen (secondary N) is 1. The SMILES string of the molecule is Fc1ccccc1CNC1CCOC2(CCOC2)C1. The van der Waals surface area contributed by atoms with Crippen LogP contribution in [0.5, 0.6) is 0 Å². The van der Waals surface area contributed by atoms with Crippen molar-refractivity contribution in [1.29, 1.82) is 0 Å². The van der Waals surface area contributed by atoms with E-state index in [1.54, 1.807) is 6.07 Å². The highest BCUT2D eigenvalue weighted by Crippen LogP contribution is 2.32. The number of hydrogen-bond donors (Lipinski definition) is 1. The van der Waals surface area contributed by atoms with E-state index >= 15 is 0 Å². The highest BCUT2D eigenvalue weighted by Gasteiger charge is 2.40. The van der Waals surface area contributed by atoms with E-state index in [1.807, 2.05) is 12.1 Å². The molecule has 2 unspecified atom stereocenters. The van der Waals surface area contributed by atoms with E-state index in [-0.39, 0.29) is 11.4 Å². The van der Waals surface area contributed by atoms with Crippen molar-refractivity contribution in [3.05, 3.63) is 35.6 Å². The molecule has 1 spiro atoms. The van der Waals surface area contributed by atoms with Crippen LogP contribution in [-0.4, -0.2) is 31.5 Å². The molecular weight excluding hydrogens is 245 g/mol. The second-order valence-corrected chi connectivity index (χ2v) is 5.50. The van der Waals surface area contributed by atoms with E-state index in [4.69, 9.17) is 9.47 Å². The standard InChI is InChI=1S/C15H20FNO2/c16-14-4-2-1-3-12(14)10-17-13-5-7-19-15(9-13)6-8-18-11-15/h1-4,13,17H,5-11H2. The number of rotatable bonds is 3. The topological polar surface area (TPSA) is 30.5 Å². The second kappa shape index (κ2) is 5.57. The Morgan fingerprint density at radius 3 is 3.00 bits per heavy atom. The third-order valence-corrected chi connectivity index (χ3v) is 4.10. The van der Waals surface area contributed by atoms with E-state index in [9.17, 15) is 4.39 Å². The molecule has 2 saturated heterocycles. The van der Waals surface area contributed by atoms with Gasteiger partial charge in [0.05, 0.1) is 12.2 Å². The molecule has 4 heteroatoms. The molecule has 2 heterocycles. The van der Waals surface area contributed by atoms with Gasteiger partial charge in [-0.1, -0.05) is 18.2 Å². The third kappa shape index (κ3) is 2.96. The number of ether oxygens (including phenoxy) is 2. The molecule has 0 saturated carbocycles. The summed E-state index contributed by atoms with van der Waals surface area (Å²) in [5, 5.41) is 3.45. The maximum Gasteiger partial charge on any atom is 0.127 e. The maximum absolute atomic E-state index is 13.6. The summed E-state index contributed by atoms with van der Waals surface area (Å²) in [5.74, 6) is -0.138. The molecular formula is C15H20FNO2. The summed E-state index contributed by atoms with van der Waals surface area (Å²) in [6.07, 6.45) is 2.92. The minimum Gasteiger partial charge on any atom is -0.378 e. The lowest BCUT2D eigenvalue weighted by Gasteiger charge is -2.37. The molecule has 3 rings (SSSR count). The van der Waals surface area contributed by atoms with E-state index < -0.39 is 0 Å². The van der Waals surface area contributed by atoms with Gasteiger partial charge in [0.15, 0.2) is 0 Å². The lowest BCUT2D eigenvalue weighted by atomic mass is 9.89. The second-order valence-electron chi connectivity index (χ2n) is 5.50. The summed E-state index contributed by atoms with van der Waals surface area (Å²) in [4.78, 5) is 0. The van der Waals surface area contributed by atoms with Crippen molar-refractivity contribution in [2.75, 3.05) is 19.8 Å². The Balaban J connectivity index is 1.57. The summed E-state index contributed by atoms with van der Waals surface area (Å²) in [7, 11) is 0. The molecule has 1 N–H and O–H groups in total. The van der Waals surface area contributed by atoms with Crippen molar-refractivity contribution in [3.8, 4) is 0 Å². The normalized spacial score (nSPS) is 30.9. The van der Waals surface area contributed by atoms with Crippen molar-refractivity contribution in [2.24, 2.45) is 0 Å². The Morgan fingerprint density at radius 1 is 1.32 bits per heavy atom. The Labute approximate surface area is 113 Å². The first kappa shape index (κ1) is 13.0. The third-order valence-electron chi connectivity index (χ3n) is 4.10. The van der Waals surface area contributed by atoms with Crippen molar-refractivity contribution in [1.82, 2.24) is 5.32 Å². The predicted molar refractivity (Wildman–Crippen MR) is 70.4 cm³/mol. The van der Waals surface area contributed by atoms with Gasteiger partial charge in [0, 0.05) is 37.8 Å². The first-order valence-corrected chi connectivity index (χ1v) is 6.96. The lowest BCUT2D eigenvalue weighted by molar-refractivity contribution is -0.0894. The molecule has 0 bridgehead atoms. The summed E-state index contributed by atoms with van der Waals surface area (Å²) < 4.78 is 24.9. The molecule has 2 fully saturated rings. The molecule has 0 aromatic heterocycles. The van der Waals surface area contributed by atoms with Gasteiger partial charge >= 0.3 is 0 Å². The van der Waals surface area contributed by atoms with Crippen LogP contribution in [0.15, 0.2) is 24.3 Å². The summed E-state index contributed by atoms with van der Waals surface area (Å²) >= 11 is 0. The molecule has 2 aliphatic rings. The number of benzene rings is 1. The van der Waals surface area contributed by atoms with Crippen LogP contribution in [0.25, 0.3) is 0 Å². The molecule has 1 aromatic rings. The van der Waals surface area contributed by atoms with E-state index in [0.717, 1.165) is 38.0 Å². The smallest absolute Gasteiger partial charge is 0.127 e. The zero-order valence-electron chi connectivity index (χ0n) is 11.0. The zero-order chi connectivity index (χ0) is 13.1. The summed E-state index contributed by atoms with van der Waals surface area (Å²) in [6.45, 7) is 2.83. The van der Waals surface area contributed by atoms with E-state index in [1.165, 1.54) is 6.07 Å². The van der Waals surface area contributed by atoms with Gasteiger partial charge in [-0.3, -0.25) is 0 Å². The monoisotopic (exact) mass is 265 g/mol. The molecule has 104 valence electrons. The average molecular weight is 265 g/mol. The molecule has 2 atom stereocenters. The molecule has 19 heavy (non-hydrogen) atoms. The first-order valence-electron chi connectivity index (χ1n) is 6.96. The van der Waals surface area contributed by atoms with Crippen LogP contribution in [-0.2, 0) is 16.0 Å². The molecule has 2 aliphatic heterocycles. The van der Waals surface area contributed by atoms with Gasteiger partial charge in [-0.25, -0.2) is 4.39 Å². The van der Waals surface area contributed by atoms with Crippen molar-refractivity contribution in [3.63, 3.8) is 0 Å². The Kier molecular flexibility index (Phi) is 3.82. The summed E-state index contributed by atoms with van der Waals surface area (Å²) in [5.41, 5.74) is 0.635. The van der Waals surface area contributed by atoms with Crippen LogP contribution >= 0.6 is 0 Å². The van der Waals surface area contributed by atoms with Crippen molar-refractivity contribution < 1.29 is 13.9 Å². The van der Waals surface area contributed by atoms with Crippen LogP contribution in [0.1, 0.15) is 24.8 Å². The van der Waals surface area contributed by atoms with E-state index in [0.29, 0.717) is 19.2 Å². The maximum atomic E-state index is 13.6. The molecule has 0 amide bonds. The highest BCUT2D eigenvalue weighted by atomic mass is 19.1. The lowest BCUT2D eigenvalue weighted by Crippen LogP contribution is -2.47. The Hall–Kier alpha value is -0.970. The van der Waals surface area contributed by atoms with Gasteiger partial charge in [-0.05, 0) is 18.9 Å². The molecule has 0 aliphatic carbocycles. The van der Waals surface area contributed by atoms with Gasteiger partial charge in [0.1, 0.15) is 5.82 Å². The molecule has 3 nitrogen and oxygen atoms in total. The van der Waals surface area contributed by atoms with Crippen molar-refractivity contribution >= 4 is 0 Å².